The van der Waals surface area contributed by atoms with E-state index in [0.717, 1.165) is 31.2 Å². The Balaban J connectivity index is 1.88. The number of rotatable bonds is 2. The first-order chi connectivity index (χ1) is 7.75. The summed E-state index contributed by atoms with van der Waals surface area (Å²) >= 11 is 0. The number of benzene rings is 1. The van der Waals surface area contributed by atoms with Crippen molar-refractivity contribution in [2.75, 3.05) is 0 Å². The molecule has 0 atom stereocenters. The first-order valence-electron chi connectivity index (χ1n) is 5.83. The molecule has 1 aromatic carbocycles. The van der Waals surface area contributed by atoms with E-state index in [1.165, 1.54) is 0 Å². The summed E-state index contributed by atoms with van der Waals surface area (Å²) in [5, 5.41) is 3.03. The first-order valence-corrected chi connectivity index (χ1v) is 5.83. The van der Waals surface area contributed by atoms with Crippen molar-refractivity contribution in [3.8, 4) is 0 Å². The molecule has 2 N–H and O–H groups in total. The second kappa shape index (κ2) is 5.12. The molecular formula is C13H17N2O. The minimum absolute atomic E-state index is 0.00836. The predicted molar refractivity (Wildman–Crippen MR) is 63.0 cm³/mol. The fraction of sp³-hybridized carbons (Fsp3) is 0.462. The Kier molecular flexibility index (Phi) is 3.57. The SMILES string of the molecule is [NH][C@H]1CC[C@H](NC(=O)c2ccccc2)CC1. The van der Waals surface area contributed by atoms with E-state index in [-0.39, 0.29) is 18.0 Å². The molecule has 0 unspecified atom stereocenters. The summed E-state index contributed by atoms with van der Waals surface area (Å²) in [6.07, 6.45) is 3.68. The molecule has 0 aliphatic heterocycles. The smallest absolute Gasteiger partial charge is 0.251 e. The molecule has 16 heavy (non-hydrogen) atoms. The molecule has 0 saturated heterocycles. The average molecular weight is 217 g/mol. The lowest BCUT2D eigenvalue weighted by atomic mass is 9.91. The number of hydrogen-bond acceptors (Lipinski definition) is 1. The molecule has 1 radical (unpaired) electrons. The van der Waals surface area contributed by atoms with Gasteiger partial charge in [0, 0.05) is 17.6 Å². The van der Waals surface area contributed by atoms with Crippen molar-refractivity contribution in [1.29, 1.82) is 0 Å². The number of carbonyl (C=O) groups excluding carboxylic acids is 1. The molecule has 1 aliphatic rings. The van der Waals surface area contributed by atoms with E-state index in [1.54, 1.807) is 0 Å². The summed E-state index contributed by atoms with van der Waals surface area (Å²) in [5.41, 5.74) is 8.31. The highest BCUT2D eigenvalue weighted by atomic mass is 16.1. The van der Waals surface area contributed by atoms with E-state index < -0.39 is 0 Å². The number of amides is 1. The van der Waals surface area contributed by atoms with E-state index in [4.69, 9.17) is 5.73 Å². The molecule has 1 saturated carbocycles. The molecule has 0 spiro atoms. The van der Waals surface area contributed by atoms with Crippen molar-refractivity contribution in [2.45, 2.75) is 37.8 Å². The molecule has 1 aromatic rings. The Morgan fingerprint density at radius 1 is 1.12 bits per heavy atom. The lowest BCUT2D eigenvalue weighted by molar-refractivity contribution is 0.0925. The Bertz CT molecular complexity index is 342. The molecule has 2 rings (SSSR count). The fourth-order valence-corrected chi connectivity index (χ4v) is 2.10. The van der Waals surface area contributed by atoms with E-state index in [2.05, 4.69) is 5.32 Å². The maximum Gasteiger partial charge on any atom is 0.251 e. The number of carbonyl (C=O) groups is 1. The normalized spacial score (nSPS) is 25.1. The van der Waals surface area contributed by atoms with Crippen LogP contribution in [0.2, 0.25) is 0 Å². The molecule has 0 aromatic heterocycles. The zero-order valence-electron chi connectivity index (χ0n) is 9.28. The molecule has 1 aliphatic carbocycles. The van der Waals surface area contributed by atoms with Crippen LogP contribution in [0, 0.1) is 0 Å². The second-order valence-electron chi connectivity index (χ2n) is 4.39. The standard InChI is InChI=1S/C13H17N2O/c14-11-6-8-12(9-7-11)15-13(16)10-4-2-1-3-5-10/h1-5,11-12,14H,6-9H2,(H,15,16)/t11-,12-. The van der Waals surface area contributed by atoms with Gasteiger partial charge in [-0.3, -0.25) is 10.5 Å². The highest BCUT2D eigenvalue weighted by Crippen LogP contribution is 2.18. The van der Waals surface area contributed by atoms with Crippen LogP contribution in [0.25, 0.3) is 0 Å². The van der Waals surface area contributed by atoms with Crippen LogP contribution in [0.15, 0.2) is 30.3 Å². The molecule has 1 amide bonds. The minimum atomic E-state index is 0.00836. The van der Waals surface area contributed by atoms with Gasteiger partial charge in [0.2, 0.25) is 0 Å². The van der Waals surface area contributed by atoms with Crippen molar-refractivity contribution >= 4 is 5.91 Å². The van der Waals surface area contributed by atoms with E-state index in [9.17, 15) is 4.79 Å². The maximum absolute atomic E-state index is 11.8. The molecule has 0 heterocycles. The van der Waals surface area contributed by atoms with Crippen LogP contribution in [0.5, 0.6) is 0 Å². The van der Waals surface area contributed by atoms with Crippen LogP contribution in [0.1, 0.15) is 36.0 Å². The van der Waals surface area contributed by atoms with Crippen molar-refractivity contribution in [3.05, 3.63) is 35.9 Å². The Morgan fingerprint density at radius 2 is 1.75 bits per heavy atom. The van der Waals surface area contributed by atoms with Crippen molar-refractivity contribution in [3.63, 3.8) is 0 Å². The van der Waals surface area contributed by atoms with Gasteiger partial charge in [-0.1, -0.05) is 18.2 Å². The van der Waals surface area contributed by atoms with Gasteiger partial charge in [0.15, 0.2) is 0 Å². The van der Waals surface area contributed by atoms with Gasteiger partial charge in [0.25, 0.3) is 5.91 Å². The zero-order valence-corrected chi connectivity index (χ0v) is 9.28. The minimum Gasteiger partial charge on any atom is -0.349 e. The van der Waals surface area contributed by atoms with Crippen molar-refractivity contribution in [1.82, 2.24) is 11.1 Å². The molecule has 1 fully saturated rings. The first kappa shape index (κ1) is 11.1. The third kappa shape index (κ3) is 2.83. The van der Waals surface area contributed by atoms with Gasteiger partial charge in [0.05, 0.1) is 0 Å². The summed E-state index contributed by atoms with van der Waals surface area (Å²) in [6, 6.07) is 9.63. The lowest BCUT2D eigenvalue weighted by Crippen LogP contribution is -2.38. The molecule has 3 nitrogen and oxygen atoms in total. The topological polar surface area (TPSA) is 52.9 Å². The third-order valence-corrected chi connectivity index (χ3v) is 3.10. The molecule has 0 bridgehead atoms. The van der Waals surface area contributed by atoms with E-state index in [1.807, 2.05) is 30.3 Å². The van der Waals surface area contributed by atoms with Crippen LogP contribution < -0.4 is 11.1 Å². The van der Waals surface area contributed by atoms with Crippen molar-refractivity contribution < 1.29 is 4.79 Å². The van der Waals surface area contributed by atoms with E-state index >= 15 is 0 Å². The summed E-state index contributed by atoms with van der Waals surface area (Å²) in [7, 11) is 0. The molecule has 85 valence electrons. The average Bonchev–Trinajstić information content (AvgIpc) is 2.33. The van der Waals surface area contributed by atoms with Crippen LogP contribution in [-0.2, 0) is 0 Å². The second-order valence-corrected chi connectivity index (χ2v) is 4.39. The van der Waals surface area contributed by atoms with Crippen LogP contribution in [0.4, 0.5) is 0 Å². The van der Waals surface area contributed by atoms with Gasteiger partial charge in [-0.2, -0.15) is 0 Å². The summed E-state index contributed by atoms with van der Waals surface area (Å²) in [6.45, 7) is 0. The fourth-order valence-electron chi connectivity index (χ4n) is 2.10. The lowest BCUT2D eigenvalue weighted by Gasteiger charge is -2.26. The maximum atomic E-state index is 11.8. The third-order valence-electron chi connectivity index (χ3n) is 3.10. The van der Waals surface area contributed by atoms with Crippen LogP contribution >= 0.6 is 0 Å². The molecular weight excluding hydrogens is 200 g/mol. The quantitative estimate of drug-likeness (QED) is 0.809. The van der Waals surface area contributed by atoms with Crippen LogP contribution in [-0.4, -0.2) is 18.0 Å². The number of hydrogen-bond donors (Lipinski definition) is 1. The monoisotopic (exact) mass is 217 g/mol. The Hall–Kier alpha value is -1.35. The largest absolute Gasteiger partial charge is 0.349 e. The van der Waals surface area contributed by atoms with Gasteiger partial charge in [-0.05, 0) is 37.8 Å². The van der Waals surface area contributed by atoms with Gasteiger partial charge in [-0.25, -0.2) is 0 Å². The summed E-state index contributed by atoms with van der Waals surface area (Å²) < 4.78 is 0. The highest BCUT2D eigenvalue weighted by Gasteiger charge is 2.20. The predicted octanol–water partition coefficient (Wildman–Crippen LogP) is 2.01. The summed E-state index contributed by atoms with van der Waals surface area (Å²) in [4.78, 5) is 11.8. The molecule has 3 heteroatoms. The zero-order chi connectivity index (χ0) is 11.4. The highest BCUT2D eigenvalue weighted by molar-refractivity contribution is 5.94. The van der Waals surface area contributed by atoms with Crippen molar-refractivity contribution in [2.24, 2.45) is 0 Å². The Labute approximate surface area is 96.0 Å². The summed E-state index contributed by atoms with van der Waals surface area (Å²) in [5.74, 6) is 0.00836. The Morgan fingerprint density at radius 3 is 2.38 bits per heavy atom. The van der Waals surface area contributed by atoms with Gasteiger partial charge in [-0.15, -0.1) is 0 Å². The van der Waals surface area contributed by atoms with Crippen LogP contribution in [0.3, 0.4) is 0 Å². The number of nitrogens with one attached hydrogen (secondary N) is 2. The van der Waals surface area contributed by atoms with Gasteiger partial charge >= 0.3 is 0 Å². The van der Waals surface area contributed by atoms with E-state index in [0.29, 0.717) is 0 Å². The van der Waals surface area contributed by atoms with Gasteiger partial charge in [0.1, 0.15) is 0 Å². The van der Waals surface area contributed by atoms with Gasteiger partial charge < -0.3 is 5.32 Å².